The monoisotopic (exact) mass is 520 g/mol. The maximum Gasteiger partial charge on any atom is 0.417 e. The van der Waals surface area contributed by atoms with Crippen molar-refractivity contribution in [1.29, 1.82) is 0 Å². The van der Waals surface area contributed by atoms with Crippen LogP contribution in [0.1, 0.15) is 5.56 Å². The van der Waals surface area contributed by atoms with E-state index in [-0.39, 0.29) is 17.1 Å². The number of nitrogens with one attached hydrogen (secondary N) is 2. The molecule has 0 aliphatic carbocycles. The molecular weight excluding hydrogens is 511 g/mol. The predicted octanol–water partition coefficient (Wildman–Crippen LogP) is 4.92. The molecule has 0 atom stereocenters. The Bertz CT molecular complexity index is 1440. The number of anilines is 1. The SMILES string of the molecule is O=S(=O)(Nc1cc(Cl)c(F)cc1-c1nncn1-c1ccn[nH]1)c1ccc(Cl)c(C(F)(F)F)c1. The third-order valence-electron chi connectivity index (χ3n) is 4.39. The zero-order valence-electron chi connectivity index (χ0n) is 15.9. The van der Waals surface area contributed by atoms with Crippen molar-refractivity contribution in [2.45, 2.75) is 11.1 Å². The predicted molar refractivity (Wildman–Crippen MR) is 111 cm³/mol. The number of H-pyrrole nitrogens is 1. The van der Waals surface area contributed by atoms with E-state index < -0.39 is 42.5 Å². The van der Waals surface area contributed by atoms with Crippen LogP contribution in [0.4, 0.5) is 23.2 Å². The van der Waals surface area contributed by atoms with Gasteiger partial charge in [0.2, 0.25) is 0 Å². The van der Waals surface area contributed by atoms with Crippen LogP contribution in [-0.2, 0) is 16.2 Å². The molecule has 0 aliphatic heterocycles. The van der Waals surface area contributed by atoms with Crippen molar-refractivity contribution in [3.05, 3.63) is 70.3 Å². The third-order valence-corrected chi connectivity index (χ3v) is 6.37. The molecule has 0 bridgehead atoms. The second kappa shape index (κ2) is 8.32. The van der Waals surface area contributed by atoms with Crippen LogP contribution >= 0.6 is 23.2 Å². The van der Waals surface area contributed by atoms with Gasteiger partial charge < -0.3 is 0 Å². The summed E-state index contributed by atoms with van der Waals surface area (Å²) in [5, 5.41) is 13.0. The summed E-state index contributed by atoms with van der Waals surface area (Å²) in [7, 11) is -4.59. The van der Waals surface area contributed by atoms with E-state index in [1.807, 2.05) is 0 Å². The first-order valence-electron chi connectivity index (χ1n) is 8.76. The Hall–Kier alpha value is -3.16. The van der Waals surface area contributed by atoms with Crippen molar-refractivity contribution in [1.82, 2.24) is 25.0 Å². The minimum absolute atomic E-state index is 0.000367. The van der Waals surface area contributed by atoms with Gasteiger partial charge in [-0.2, -0.15) is 18.3 Å². The van der Waals surface area contributed by atoms with Crippen LogP contribution in [0.2, 0.25) is 10.0 Å². The van der Waals surface area contributed by atoms with E-state index >= 15 is 0 Å². The molecule has 2 heterocycles. The summed E-state index contributed by atoms with van der Waals surface area (Å²) in [6, 6.07) is 5.54. The van der Waals surface area contributed by atoms with Crippen molar-refractivity contribution >= 4 is 38.9 Å². The number of hydrogen-bond acceptors (Lipinski definition) is 5. The van der Waals surface area contributed by atoms with Crippen molar-refractivity contribution in [2.75, 3.05) is 4.72 Å². The molecular formula is C18H10Cl2F4N6O2S. The Morgan fingerprint density at radius 2 is 1.82 bits per heavy atom. The largest absolute Gasteiger partial charge is 0.417 e. The van der Waals surface area contributed by atoms with Gasteiger partial charge >= 0.3 is 6.18 Å². The van der Waals surface area contributed by atoms with Crippen LogP contribution < -0.4 is 4.72 Å². The summed E-state index contributed by atoms with van der Waals surface area (Å²) in [6.07, 6.45) is -2.18. The second-order valence-corrected chi connectivity index (χ2v) is 9.02. The molecule has 4 aromatic rings. The Morgan fingerprint density at radius 3 is 2.48 bits per heavy atom. The minimum atomic E-state index is -4.88. The molecule has 2 N–H and O–H groups in total. The molecule has 0 unspecified atom stereocenters. The highest BCUT2D eigenvalue weighted by Crippen LogP contribution is 2.37. The fourth-order valence-electron chi connectivity index (χ4n) is 2.89. The number of sulfonamides is 1. The van der Waals surface area contributed by atoms with Crippen molar-refractivity contribution in [3.63, 3.8) is 0 Å². The highest BCUT2D eigenvalue weighted by molar-refractivity contribution is 7.92. The average molecular weight is 521 g/mol. The van der Waals surface area contributed by atoms with E-state index in [1.165, 1.54) is 17.1 Å². The van der Waals surface area contributed by atoms with E-state index in [2.05, 4.69) is 25.1 Å². The molecule has 4 rings (SSSR count). The maximum atomic E-state index is 14.3. The first-order chi connectivity index (χ1) is 15.5. The first kappa shape index (κ1) is 23.0. The van der Waals surface area contributed by atoms with Gasteiger partial charge in [-0.1, -0.05) is 23.2 Å². The number of nitrogens with zero attached hydrogens (tertiary/aromatic N) is 4. The summed E-state index contributed by atoms with van der Waals surface area (Å²) in [4.78, 5) is -0.722. The smallest absolute Gasteiger partial charge is 0.279 e. The molecule has 0 saturated heterocycles. The third kappa shape index (κ3) is 4.51. The summed E-state index contributed by atoms with van der Waals surface area (Å²) in [5.41, 5.74) is -1.67. The van der Waals surface area contributed by atoms with Gasteiger partial charge in [-0.05, 0) is 30.3 Å². The standard InChI is InChI=1S/C18H10Cl2F4N6O2S/c19-12-2-1-9(5-11(12)18(22,23)24)33(31,32)29-15-7-13(20)14(21)6-10(15)17-28-26-8-30(17)16-3-4-25-27-16/h1-8,29H,(H,25,27). The molecule has 0 aliphatic rings. The molecule has 0 saturated carbocycles. The number of hydrogen-bond donors (Lipinski definition) is 2. The Morgan fingerprint density at radius 1 is 1.06 bits per heavy atom. The molecule has 2 aromatic heterocycles. The lowest BCUT2D eigenvalue weighted by Gasteiger charge is -2.15. The normalized spacial score (nSPS) is 12.2. The van der Waals surface area contributed by atoms with Crippen LogP contribution in [0.5, 0.6) is 0 Å². The highest BCUT2D eigenvalue weighted by atomic mass is 35.5. The lowest BCUT2D eigenvalue weighted by atomic mass is 10.1. The van der Waals surface area contributed by atoms with Crippen molar-refractivity contribution in [2.24, 2.45) is 0 Å². The van der Waals surface area contributed by atoms with Gasteiger partial charge in [0.15, 0.2) is 5.82 Å². The summed E-state index contributed by atoms with van der Waals surface area (Å²) in [6.45, 7) is 0. The first-order valence-corrected chi connectivity index (χ1v) is 11.0. The van der Waals surface area contributed by atoms with Crippen LogP contribution in [0.25, 0.3) is 17.2 Å². The Labute approximate surface area is 193 Å². The minimum Gasteiger partial charge on any atom is -0.279 e. The van der Waals surface area contributed by atoms with Gasteiger partial charge in [0.05, 0.1) is 32.4 Å². The highest BCUT2D eigenvalue weighted by Gasteiger charge is 2.34. The molecule has 33 heavy (non-hydrogen) atoms. The van der Waals surface area contributed by atoms with Crippen molar-refractivity contribution in [3.8, 4) is 17.2 Å². The number of halogens is 6. The molecule has 0 radical (unpaired) electrons. The van der Waals surface area contributed by atoms with Gasteiger partial charge in [-0.25, -0.2) is 12.8 Å². The van der Waals surface area contributed by atoms with Crippen LogP contribution in [0.15, 0.2) is 53.8 Å². The molecule has 172 valence electrons. The van der Waals surface area contributed by atoms with Crippen LogP contribution in [0, 0.1) is 5.82 Å². The van der Waals surface area contributed by atoms with Crippen LogP contribution in [0.3, 0.4) is 0 Å². The Balaban J connectivity index is 1.82. The second-order valence-electron chi connectivity index (χ2n) is 6.52. The zero-order valence-corrected chi connectivity index (χ0v) is 18.2. The van der Waals surface area contributed by atoms with E-state index in [4.69, 9.17) is 23.2 Å². The maximum absolute atomic E-state index is 14.3. The molecule has 15 heteroatoms. The number of benzene rings is 2. The molecule has 8 nitrogen and oxygen atoms in total. The van der Waals surface area contributed by atoms with Gasteiger partial charge in [-0.15, -0.1) is 10.2 Å². The number of aromatic amines is 1. The number of aromatic nitrogens is 5. The lowest BCUT2D eigenvalue weighted by molar-refractivity contribution is -0.137. The van der Waals surface area contributed by atoms with Crippen molar-refractivity contribution < 1.29 is 26.0 Å². The fourth-order valence-corrected chi connectivity index (χ4v) is 4.37. The summed E-state index contributed by atoms with van der Waals surface area (Å²) in [5.74, 6) is -0.508. The van der Waals surface area contributed by atoms with E-state index in [9.17, 15) is 26.0 Å². The molecule has 0 fully saturated rings. The van der Waals surface area contributed by atoms with E-state index in [0.717, 1.165) is 24.3 Å². The zero-order chi connectivity index (χ0) is 24.0. The van der Waals surface area contributed by atoms with Crippen LogP contribution in [-0.4, -0.2) is 33.4 Å². The van der Waals surface area contributed by atoms with Gasteiger partial charge in [-0.3, -0.25) is 14.4 Å². The topological polar surface area (TPSA) is 106 Å². The lowest BCUT2D eigenvalue weighted by Crippen LogP contribution is -2.16. The number of alkyl halides is 3. The van der Waals surface area contributed by atoms with E-state index in [0.29, 0.717) is 11.9 Å². The van der Waals surface area contributed by atoms with E-state index in [1.54, 1.807) is 6.07 Å². The van der Waals surface area contributed by atoms with Gasteiger partial charge in [0.25, 0.3) is 10.0 Å². The quantitative estimate of drug-likeness (QED) is 0.363. The molecule has 0 spiro atoms. The number of rotatable bonds is 5. The molecule has 2 aromatic carbocycles. The Kier molecular flexibility index (Phi) is 5.80. The average Bonchev–Trinajstić information content (AvgIpc) is 3.41. The summed E-state index contributed by atoms with van der Waals surface area (Å²) >= 11 is 11.4. The van der Waals surface area contributed by atoms with Gasteiger partial charge in [0.1, 0.15) is 18.0 Å². The van der Waals surface area contributed by atoms with Gasteiger partial charge in [0, 0.05) is 11.6 Å². The fraction of sp³-hybridized carbons (Fsp3) is 0.0556. The summed E-state index contributed by atoms with van der Waals surface area (Å²) < 4.78 is 83.1. The molecule has 0 amide bonds.